The molecule has 0 saturated heterocycles. The Hall–Kier alpha value is -1.19. The zero-order chi connectivity index (χ0) is 14.8. The average Bonchev–Trinajstić information content (AvgIpc) is 2.35. The molecule has 0 spiro atoms. The van der Waals surface area contributed by atoms with E-state index in [2.05, 4.69) is 20.4 Å². The minimum atomic E-state index is -0.245. The lowest BCUT2D eigenvalue weighted by Gasteiger charge is -2.34. The zero-order valence-electron chi connectivity index (χ0n) is 12.3. The third kappa shape index (κ3) is 3.47. The van der Waals surface area contributed by atoms with E-state index in [4.69, 9.17) is 25.8 Å². The predicted octanol–water partition coefficient (Wildman–Crippen LogP) is 4.33. The molecular weight excluding hydrogens is 276 g/mol. The minimum Gasteiger partial charge on any atom is -0.492 e. The summed E-state index contributed by atoms with van der Waals surface area (Å²) in [7, 11) is 1.67. The van der Waals surface area contributed by atoms with Crippen molar-refractivity contribution in [2.24, 2.45) is 0 Å². The van der Waals surface area contributed by atoms with Gasteiger partial charge < -0.3 is 14.2 Å². The molecule has 1 aliphatic heterocycles. The quantitative estimate of drug-likeness (QED) is 0.757. The van der Waals surface area contributed by atoms with E-state index in [1.54, 1.807) is 7.11 Å². The average molecular weight is 297 g/mol. The van der Waals surface area contributed by atoms with Crippen LogP contribution in [-0.2, 0) is 4.74 Å². The van der Waals surface area contributed by atoms with Gasteiger partial charge in [-0.25, -0.2) is 0 Å². The lowest BCUT2D eigenvalue weighted by Crippen LogP contribution is -2.31. The summed E-state index contributed by atoms with van der Waals surface area (Å²) in [5.74, 6) is 1.43. The highest BCUT2D eigenvalue weighted by molar-refractivity contribution is 6.32. The topological polar surface area (TPSA) is 27.7 Å². The van der Waals surface area contributed by atoms with E-state index in [1.165, 1.54) is 0 Å². The highest BCUT2D eigenvalue weighted by atomic mass is 35.5. The molecule has 0 radical (unpaired) electrons. The van der Waals surface area contributed by atoms with Crippen LogP contribution in [0.4, 0.5) is 0 Å². The molecule has 1 aromatic rings. The lowest BCUT2D eigenvalue weighted by molar-refractivity contribution is 0.107. The van der Waals surface area contributed by atoms with Crippen LogP contribution in [0.3, 0.4) is 0 Å². The molecule has 0 bridgehead atoms. The largest absolute Gasteiger partial charge is 0.492 e. The normalized spacial score (nSPS) is 16.5. The monoisotopic (exact) mass is 296 g/mol. The van der Waals surface area contributed by atoms with Crippen molar-refractivity contribution in [3.63, 3.8) is 0 Å². The van der Waals surface area contributed by atoms with Crippen LogP contribution in [0.25, 0.3) is 5.57 Å². The first-order chi connectivity index (χ1) is 9.43. The van der Waals surface area contributed by atoms with Gasteiger partial charge in [0.1, 0.15) is 17.1 Å². The van der Waals surface area contributed by atoms with Crippen LogP contribution >= 0.6 is 11.6 Å². The fourth-order valence-corrected chi connectivity index (χ4v) is 2.55. The molecular formula is C16H21ClO3. The van der Waals surface area contributed by atoms with Crippen LogP contribution in [0.2, 0.25) is 5.02 Å². The van der Waals surface area contributed by atoms with Gasteiger partial charge in [-0.1, -0.05) is 18.2 Å². The molecule has 2 rings (SSSR count). The van der Waals surface area contributed by atoms with Crippen molar-refractivity contribution >= 4 is 17.2 Å². The van der Waals surface area contributed by atoms with Gasteiger partial charge in [0.15, 0.2) is 0 Å². The van der Waals surface area contributed by atoms with Crippen molar-refractivity contribution in [2.75, 3.05) is 20.3 Å². The summed E-state index contributed by atoms with van der Waals surface area (Å²) in [6.07, 6.45) is 1.62. The number of methoxy groups -OCH3 is 1. The van der Waals surface area contributed by atoms with Crippen molar-refractivity contribution in [2.45, 2.75) is 32.3 Å². The van der Waals surface area contributed by atoms with Crippen LogP contribution < -0.4 is 9.47 Å². The molecule has 0 fully saturated rings. The first-order valence-electron chi connectivity index (χ1n) is 6.75. The van der Waals surface area contributed by atoms with Gasteiger partial charge in [0.2, 0.25) is 0 Å². The third-order valence-corrected chi connectivity index (χ3v) is 3.49. The van der Waals surface area contributed by atoms with Gasteiger partial charge in [-0.05, 0) is 25.5 Å². The van der Waals surface area contributed by atoms with E-state index in [0.29, 0.717) is 24.0 Å². The molecule has 0 unspecified atom stereocenters. The second-order valence-electron chi connectivity index (χ2n) is 5.62. The van der Waals surface area contributed by atoms with Gasteiger partial charge in [0, 0.05) is 38.2 Å². The maximum Gasteiger partial charge on any atom is 0.141 e. The summed E-state index contributed by atoms with van der Waals surface area (Å²) in [6, 6.07) is 3.73. The number of halogens is 1. The summed E-state index contributed by atoms with van der Waals surface area (Å²) < 4.78 is 16.7. The van der Waals surface area contributed by atoms with Gasteiger partial charge >= 0.3 is 0 Å². The Morgan fingerprint density at radius 1 is 1.35 bits per heavy atom. The van der Waals surface area contributed by atoms with Crippen molar-refractivity contribution in [3.05, 3.63) is 29.3 Å². The lowest BCUT2D eigenvalue weighted by atomic mass is 9.90. The van der Waals surface area contributed by atoms with E-state index in [1.807, 2.05) is 12.1 Å². The molecule has 0 aromatic heterocycles. The Balaban J connectivity index is 2.18. The molecule has 4 heteroatoms. The van der Waals surface area contributed by atoms with Gasteiger partial charge in [-0.3, -0.25) is 0 Å². The fraction of sp³-hybridized carbons (Fsp3) is 0.500. The van der Waals surface area contributed by atoms with E-state index in [-0.39, 0.29) is 5.60 Å². The van der Waals surface area contributed by atoms with Crippen molar-refractivity contribution < 1.29 is 14.2 Å². The van der Waals surface area contributed by atoms with E-state index in [0.717, 1.165) is 29.7 Å². The number of hydrogen-bond acceptors (Lipinski definition) is 3. The van der Waals surface area contributed by atoms with Gasteiger partial charge in [0.05, 0.1) is 11.6 Å². The Kier molecular flexibility index (Phi) is 4.61. The van der Waals surface area contributed by atoms with Gasteiger partial charge in [-0.2, -0.15) is 0 Å². The van der Waals surface area contributed by atoms with Crippen molar-refractivity contribution in [3.8, 4) is 11.5 Å². The van der Waals surface area contributed by atoms with Crippen LogP contribution in [0.15, 0.2) is 18.7 Å². The number of fused-ring (bicyclic) bond motifs is 1. The summed E-state index contributed by atoms with van der Waals surface area (Å²) in [4.78, 5) is 0. The fourth-order valence-electron chi connectivity index (χ4n) is 2.33. The van der Waals surface area contributed by atoms with E-state index >= 15 is 0 Å². The molecule has 1 aliphatic rings. The molecule has 0 N–H and O–H groups in total. The number of ether oxygens (including phenoxy) is 3. The second-order valence-corrected chi connectivity index (χ2v) is 6.02. The van der Waals surface area contributed by atoms with Gasteiger partial charge in [0.25, 0.3) is 0 Å². The zero-order valence-corrected chi connectivity index (χ0v) is 13.0. The molecule has 0 atom stereocenters. The molecule has 0 amide bonds. The molecule has 110 valence electrons. The highest BCUT2D eigenvalue weighted by Gasteiger charge is 2.30. The summed E-state index contributed by atoms with van der Waals surface area (Å²) in [5.41, 5.74) is 1.77. The maximum absolute atomic E-state index is 6.26. The van der Waals surface area contributed by atoms with Crippen LogP contribution in [0, 0.1) is 0 Å². The van der Waals surface area contributed by atoms with Gasteiger partial charge in [-0.15, -0.1) is 0 Å². The van der Waals surface area contributed by atoms with Crippen LogP contribution in [-0.4, -0.2) is 25.9 Å². The number of rotatable bonds is 5. The SMILES string of the molecule is C=C1CC(C)(C)Oc2cc(OCCCOC)c(Cl)cc21. The first kappa shape index (κ1) is 15.2. The smallest absolute Gasteiger partial charge is 0.141 e. The van der Waals surface area contributed by atoms with Crippen LogP contribution in [0.5, 0.6) is 11.5 Å². The predicted molar refractivity (Wildman–Crippen MR) is 81.8 cm³/mol. The molecule has 0 aliphatic carbocycles. The standard InChI is InChI=1S/C16H21ClO3/c1-11-10-16(2,3)20-14-9-15(13(17)8-12(11)14)19-7-5-6-18-4/h8-9H,1,5-7,10H2,2-4H3. The molecule has 1 heterocycles. The van der Waals surface area contributed by atoms with Crippen molar-refractivity contribution in [1.29, 1.82) is 0 Å². The summed E-state index contributed by atoms with van der Waals surface area (Å²) in [6.45, 7) is 9.45. The first-order valence-corrected chi connectivity index (χ1v) is 7.13. The van der Waals surface area contributed by atoms with Crippen LogP contribution in [0.1, 0.15) is 32.3 Å². The summed E-state index contributed by atoms with van der Waals surface area (Å²) in [5, 5.41) is 0.589. The molecule has 20 heavy (non-hydrogen) atoms. The Morgan fingerprint density at radius 2 is 2.10 bits per heavy atom. The van der Waals surface area contributed by atoms with E-state index < -0.39 is 0 Å². The number of hydrogen-bond donors (Lipinski definition) is 0. The van der Waals surface area contributed by atoms with Crippen molar-refractivity contribution in [1.82, 2.24) is 0 Å². The molecule has 1 aromatic carbocycles. The third-order valence-electron chi connectivity index (χ3n) is 3.19. The Labute approximate surface area is 125 Å². The Bertz CT molecular complexity index is 509. The van der Waals surface area contributed by atoms with E-state index in [9.17, 15) is 0 Å². The number of benzene rings is 1. The summed E-state index contributed by atoms with van der Waals surface area (Å²) >= 11 is 6.26. The second kappa shape index (κ2) is 6.06. The highest BCUT2D eigenvalue weighted by Crippen LogP contribution is 2.43. The maximum atomic E-state index is 6.26. The molecule has 3 nitrogen and oxygen atoms in total. The molecule has 0 saturated carbocycles. The Morgan fingerprint density at radius 3 is 2.80 bits per heavy atom. The minimum absolute atomic E-state index is 0.245.